The maximum atomic E-state index is 11.5. The summed E-state index contributed by atoms with van der Waals surface area (Å²) in [5, 5.41) is 6.50. The van der Waals surface area contributed by atoms with Crippen molar-refractivity contribution in [2.24, 2.45) is 0 Å². The first-order chi connectivity index (χ1) is 15.1. The van der Waals surface area contributed by atoms with E-state index in [1.165, 1.54) is 0 Å². The topological polar surface area (TPSA) is 93.4 Å². The lowest BCUT2D eigenvalue weighted by Crippen LogP contribution is -2.13. The van der Waals surface area contributed by atoms with Gasteiger partial charge in [-0.05, 0) is 29.8 Å². The number of pyridine rings is 1. The maximum absolute atomic E-state index is 11.5. The molecule has 1 saturated heterocycles. The van der Waals surface area contributed by atoms with Crippen molar-refractivity contribution in [3.8, 4) is 17.1 Å². The first-order valence-electron chi connectivity index (χ1n) is 9.79. The molecule has 31 heavy (non-hydrogen) atoms. The molecular weight excluding hydrogens is 416 g/mol. The summed E-state index contributed by atoms with van der Waals surface area (Å²) in [5.74, 6) is 1.24. The molecule has 1 fully saturated rings. The number of carbonyl (C=O) groups excluding carboxylic acids is 1. The Morgan fingerprint density at radius 3 is 2.94 bits per heavy atom. The lowest BCUT2D eigenvalue weighted by Gasteiger charge is -2.15. The number of nitrogens with one attached hydrogen (secondary N) is 2. The van der Waals surface area contributed by atoms with Gasteiger partial charge in [0.2, 0.25) is 11.9 Å². The lowest BCUT2D eigenvalue weighted by atomic mass is 9.97. The number of rotatable bonds is 5. The van der Waals surface area contributed by atoms with Crippen LogP contribution < -0.4 is 15.4 Å². The van der Waals surface area contributed by atoms with E-state index in [-0.39, 0.29) is 11.8 Å². The molecule has 1 atom stereocenters. The van der Waals surface area contributed by atoms with Gasteiger partial charge < -0.3 is 15.4 Å². The van der Waals surface area contributed by atoms with Crippen LogP contribution in [0.1, 0.15) is 17.9 Å². The van der Waals surface area contributed by atoms with Crippen molar-refractivity contribution in [2.45, 2.75) is 12.3 Å². The zero-order valence-corrected chi connectivity index (χ0v) is 17.4. The molecule has 0 radical (unpaired) electrons. The van der Waals surface area contributed by atoms with Gasteiger partial charge in [-0.2, -0.15) is 0 Å². The number of carbonyl (C=O) groups is 1. The molecule has 0 saturated carbocycles. The normalized spacial score (nSPS) is 15.8. The second-order valence-corrected chi connectivity index (χ2v) is 7.66. The first kappa shape index (κ1) is 19.3. The minimum atomic E-state index is 0.0701. The summed E-state index contributed by atoms with van der Waals surface area (Å²) in [6.45, 7) is 0.637. The summed E-state index contributed by atoms with van der Waals surface area (Å²) < 4.78 is 7.49. The Bertz CT molecular complexity index is 1290. The zero-order valence-electron chi connectivity index (χ0n) is 16.7. The van der Waals surface area contributed by atoms with E-state index in [2.05, 4.69) is 25.6 Å². The summed E-state index contributed by atoms with van der Waals surface area (Å²) in [7, 11) is 1.61. The molecule has 1 unspecified atom stereocenters. The number of methoxy groups -OCH3 is 1. The van der Waals surface area contributed by atoms with E-state index < -0.39 is 0 Å². The van der Waals surface area contributed by atoms with Crippen molar-refractivity contribution >= 4 is 34.8 Å². The predicted molar refractivity (Wildman–Crippen MR) is 118 cm³/mol. The molecule has 0 bridgehead atoms. The molecular formula is C22H19ClN6O2. The summed E-state index contributed by atoms with van der Waals surface area (Å²) in [6.07, 6.45) is 5.69. The third-order valence-electron chi connectivity index (χ3n) is 5.32. The van der Waals surface area contributed by atoms with Crippen LogP contribution >= 0.6 is 11.6 Å². The minimum Gasteiger partial charge on any atom is -0.495 e. The van der Waals surface area contributed by atoms with Crippen LogP contribution in [0.15, 0.2) is 55.0 Å². The predicted octanol–water partition coefficient (Wildman–Crippen LogP) is 3.80. The number of halogens is 1. The van der Waals surface area contributed by atoms with Crippen LogP contribution in [0.5, 0.6) is 5.75 Å². The van der Waals surface area contributed by atoms with E-state index >= 15 is 0 Å². The maximum Gasteiger partial charge on any atom is 0.227 e. The Labute approximate surface area is 183 Å². The SMILES string of the molecule is COc1cc(C2CNC(=O)C2)ccc1Nc1ncc(Cl)c(-c2cnc3ccccn23)n1. The highest BCUT2D eigenvalue weighted by Gasteiger charge is 2.24. The van der Waals surface area contributed by atoms with Crippen molar-refractivity contribution in [1.29, 1.82) is 0 Å². The number of imidazole rings is 1. The Morgan fingerprint density at radius 1 is 1.23 bits per heavy atom. The van der Waals surface area contributed by atoms with Crippen LogP contribution in [0, 0.1) is 0 Å². The molecule has 1 aliphatic rings. The second kappa shape index (κ2) is 7.88. The lowest BCUT2D eigenvalue weighted by molar-refractivity contribution is -0.119. The van der Waals surface area contributed by atoms with Crippen molar-refractivity contribution < 1.29 is 9.53 Å². The summed E-state index contributed by atoms with van der Waals surface area (Å²) >= 11 is 6.40. The summed E-state index contributed by atoms with van der Waals surface area (Å²) in [6, 6.07) is 11.6. The van der Waals surface area contributed by atoms with Gasteiger partial charge in [0.25, 0.3) is 0 Å². The number of aromatic nitrogens is 4. The fourth-order valence-electron chi connectivity index (χ4n) is 3.74. The van der Waals surface area contributed by atoms with Gasteiger partial charge in [0.15, 0.2) is 0 Å². The number of ether oxygens (including phenoxy) is 1. The Hall–Kier alpha value is -3.65. The molecule has 1 aliphatic heterocycles. The van der Waals surface area contributed by atoms with Gasteiger partial charge in [-0.1, -0.05) is 23.7 Å². The van der Waals surface area contributed by atoms with Gasteiger partial charge in [-0.3, -0.25) is 9.20 Å². The molecule has 5 rings (SSSR count). The van der Waals surface area contributed by atoms with Gasteiger partial charge in [0, 0.05) is 25.1 Å². The first-order valence-corrected chi connectivity index (χ1v) is 10.2. The Kier molecular flexibility index (Phi) is 4.91. The zero-order chi connectivity index (χ0) is 21.4. The number of hydrogen-bond donors (Lipinski definition) is 2. The quantitative estimate of drug-likeness (QED) is 0.496. The van der Waals surface area contributed by atoms with E-state index in [9.17, 15) is 4.79 Å². The second-order valence-electron chi connectivity index (χ2n) is 7.25. The highest BCUT2D eigenvalue weighted by Crippen LogP contribution is 2.34. The summed E-state index contributed by atoms with van der Waals surface area (Å²) in [4.78, 5) is 24.9. The molecule has 156 valence electrons. The molecule has 1 aromatic carbocycles. The standard InChI is InChI=1S/C22H19ClN6O2/c1-31-18-8-13(14-9-20(30)25-10-14)5-6-16(18)27-22-26-11-15(23)21(28-22)17-12-24-19-4-2-3-7-29(17)19/h2-8,11-12,14H,9-10H2,1H3,(H,25,30)(H,26,27,28). The molecule has 0 aliphatic carbocycles. The van der Waals surface area contributed by atoms with Gasteiger partial charge in [-0.25, -0.2) is 15.0 Å². The van der Waals surface area contributed by atoms with Crippen LogP contribution in [0.4, 0.5) is 11.6 Å². The molecule has 0 spiro atoms. The van der Waals surface area contributed by atoms with Crippen LogP contribution in [-0.4, -0.2) is 38.9 Å². The third kappa shape index (κ3) is 3.66. The largest absolute Gasteiger partial charge is 0.495 e. The monoisotopic (exact) mass is 434 g/mol. The van der Waals surface area contributed by atoms with Crippen LogP contribution in [-0.2, 0) is 4.79 Å². The molecule has 9 heteroatoms. The van der Waals surface area contributed by atoms with E-state index in [0.717, 1.165) is 22.6 Å². The molecule has 4 heterocycles. The molecule has 2 N–H and O–H groups in total. The number of benzene rings is 1. The fourth-order valence-corrected chi connectivity index (χ4v) is 3.93. The van der Waals surface area contributed by atoms with Crippen molar-refractivity contribution in [3.05, 3.63) is 65.6 Å². The van der Waals surface area contributed by atoms with Crippen molar-refractivity contribution in [3.63, 3.8) is 0 Å². The highest BCUT2D eigenvalue weighted by molar-refractivity contribution is 6.32. The number of hydrogen-bond acceptors (Lipinski definition) is 6. The summed E-state index contributed by atoms with van der Waals surface area (Å²) in [5.41, 5.74) is 3.91. The number of nitrogens with zero attached hydrogens (tertiary/aromatic N) is 4. The van der Waals surface area contributed by atoms with Crippen LogP contribution in [0.3, 0.4) is 0 Å². The number of amides is 1. The van der Waals surface area contributed by atoms with Crippen LogP contribution in [0.2, 0.25) is 5.02 Å². The average Bonchev–Trinajstić information content (AvgIpc) is 3.42. The molecule has 8 nitrogen and oxygen atoms in total. The number of fused-ring (bicyclic) bond motifs is 1. The molecule has 1 amide bonds. The van der Waals surface area contributed by atoms with Gasteiger partial charge in [0.05, 0.1) is 35.9 Å². The van der Waals surface area contributed by atoms with Gasteiger partial charge in [-0.15, -0.1) is 0 Å². The third-order valence-corrected chi connectivity index (χ3v) is 5.60. The van der Waals surface area contributed by atoms with E-state index in [1.807, 2.05) is 47.0 Å². The highest BCUT2D eigenvalue weighted by atomic mass is 35.5. The Morgan fingerprint density at radius 2 is 2.13 bits per heavy atom. The Balaban J connectivity index is 1.46. The smallest absolute Gasteiger partial charge is 0.227 e. The van der Waals surface area contributed by atoms with Crippen molar-refractivity contribution in [2.75, 3.05) is 19.0 Å². The minimum absolute atomic E-state index is 0.0701. The van der Waals surface area contributed by atoms with E-state index in [4.69, 9.17) is 16.3 Å². The van der Waals surface area contributed by atoms with E-state index in [1.54, 1.807) is 19.5 Å². The van der Waals surface area contributed by atoms with Gasteiger partial charge >= 0.3 is 0 Å². The molecule has 3 aromatic heterocycles. The van der Waals surface area contributed by atoms with Gasteiger partial charge in [0.1, 0.15) is 17.1 Å². The van der Waals surface area contributed by atoms with Crippen LogP contribution in [0.25, 0.3) is 17.0 Å². The number of anilines is 2. The van der Waals surface area contributed by atoms with E-state index in [0.29, 0.717) is 35.4 Å². The molecule has 4 aromatic rings. The van der Waals surface area contributed by atoms with Crippen molar-refractivity contribution in [1.82, 2.24) is 24.7 Å². The average molecular weight is 435 g/mol. The fraction of sp³-hybridized carbons (Fsp3) is 0.182.